The molecule has 0 bridgehead atoms. The first-order valence-electron chi connectivity index (χ1n) is 5.20. The fourth-order valence-electron chi connectivity index (χ4n) is 1.39. The Balaban J connectivity index is 2.88. The molecule has 0 aliphatic rings. The zero-order valence-corrected chi connectivity index (χ0v) is 9.64. The van der Waals surface area contributed by atoms with E-state index in [1.807, 2.05) is 37.3 Å². The number of carbonyl (C=O) groups is 1. The lowest BCUT2D eigenvalue weighted by molar-refractivity contribution is -0.143. The maximum absolute atomic E-state index is 11.6. The summed E-state index contributed by atoms with van der Waals surface area (Å²) in [5.41, 5.74) is 0.892. The lowest BCUT2D eigenvalue weighted by Gasteiger charge is -2.19. The van der Waals surface area contributed by atoms with Gasteiger partial charge >= 0.3 is 5.97 Å². The van der Waals surface area contributed by atoms with Gasteiger partial charge < -0.3 is 4.74 Å². The van der Waals surface area contributed by atoms with E-state index < -0.39 is 6.04 Å². The summed E-state index contributed by atoms with van der Waals surface area (Å²) in [6, 6.07) is 9.09. The number of benzene rings is 1. The number of rotatable bonds is 5. The summed E-state index contributed by atoms with van der Waals surface area (Å²) >= 11 is 0. The molecule has 0 aliphatic heterocycles. The van der Waals surface area contributed by atoms with E-state index in [0.29, 0.717) is 0 Å². The standard InChI is InChI=1S/C13H17NO2/c1-4-10(2)14-12(13(15)16-3)11-8-6-5-7-9-11/h4-10,12,14H,1H2,2-3H3. The van der Waals surface area contributed by atoms with E-state index in [0.717, 1.165) is 5.56 Å². The topological polar surface area (TPSA) is 38.3 Å². The quantitative estimate of drug-likeness (QED) is 0.608. The Bertz CT molecular complexity index is 348. The molecule has 1 aromatic rings. The first-order chi connectivity index (χ1) is 7.69. The van der Waals surface area contributed by atoms with Gasteiger partial charge in [-0.2, -0.15) is 0 Å². The molecule has 1 aromatic carbocycles. The van der Waals surface area contributed by atoms with Gasteiger partial charge in [-0.15, -0.1) is 6.58 Å². The summed E-state index contributed by atoms with van der Waals surface area (Å²) in [6.07, 6.45) is 1.75. The van der Waals surface area contributed by atoms with Gasteiger partial charge in [-0.05, 0) is 12.5 Å². The first-order valence-corrected chi connectivity index (χ1v) is 5.20. The van der Waals surface area contributed by atoms with Crippen molar-refractivity contribution in [3.05, 3.63) is 48.6 Å². The number of hydrogen-bond donors (Lipinski definition) is 1. The van der Waals surface area contributed by atoms with Crippen LogP contribution in [0.3, 0.4) is 0 Å². The highest BCUT2D eigenvalue weighted by Gasteiger charge is 2.21. The van der Waals surface area contributed by atoms with E-state index >= 15 is 0 Å². The van der Waals surface area contributed by atoms with Crippen molar-refractivity contribution >= 4 is 5.97 Å². The monoisotopic (exact) mass is 219 g/mol. The number of carbonyl (C=O) groups excluding carboxylic acids is 1. The number of ether oxygens (including phenoxy) is 1. The van der Waals surface area contributed by atoms with Gasteiger partial charge in [0.1, 0.15) is 6.04 Å². The third-order valence-corrected chi connectivity index (χ3v) is 2.35. The normalized spacial score (nSPS) is 13.9. The van der Waals surface area contributed by atoms with Crippen LogP contribution in [-0.4, -0.2) is 19.1 Å². The van der Waals surface area contributed by atoms with Gasteiger partial charge in [0.15, 0.2) is 0 Å². The van der Waals surface area contributed by atoms with Crippen molar-refractivity contribution in [1.82, 2.24) is 5.32 Å². The molecule has 2 unspecified atom stereocenters. The molecule has 2 atom stereocenters. The van der Waals surface area contributed by atoms with Crippen molar-refractivity contribution in [2.75, 3.05) is 7.11 Å². The summed E-state index contributed by atoms with van der Waals surface area (Å²) in [5, 5.41) is 3.14. The zero-order chi connectivity index (χ0) is 12.0. The van der Waals surface area contributed by atoms with Crippen LogP contribution in [0, 0.1) is 0 Å². The van der Waals surface area contributed by atoms with Crippen LogP contribution in [0.15, 0.2) is 43.0 Å². The fraction of sp³-hybridized carbons (Fsp3) is 0.308. The second kappa shape index (κ2) is 6.08. The van der Waals surface area contributed by atoms with Crippen molar-refractivity contribution in [3.63, 3.8) is 0 Å². The SMILES string of the molecule is C=CC(C)NC(C(=O)OC)c1ccccc1. The van der Waals surface area contributed by atoms with Crippen molar-refractivity contribution in [2.45, 2.75) is 19.0 Å². The second-order valence-electron chi connectivity index (χ2n) is 3.56. The molecule has 86 valence electrons. The van der Waals surface area contributed by atoms with Crippen LogP contribution >= 0.6 is 0 Å². The number of methoxy groups -OCH3 is 1. The van der Waals surface area contributed by atoms with Gasteiger partial charge in [0.25, 0.3) is 0 Å². The number of esters is 1. The predicted octanol–water partition coefficient (Wildman–Crippen LogP) is 2.06. The molecular formula is C13H17NO2. The van der Waals surface area contributed by atoms with Crippen LogP contribution in [0.5, 0.6) is 0 Å². The molecule has 0 saturated carbocycles. The van der Waals surface area contributed by atoms with Gasteiger partial charge in [0.2, 0.25) is 0 Å². The van der Waals surface area contributed by atoms with Gasteiger partial charge in [0, 0.05) is 6.04 Å². The smallest absolute Gasteiger partial charge is 0.327 e. The maximum atomic E-state index is 11.6. The van der Waals surface area contributed by atoms with Crippen molar-refractivity contribution in [3.8, 4) is 0 Å². The Morgan fingerprint density at radius 2 is 2.06 bits per heavy atom. The van der Waals surface area contributed by atoms with Gasteiger partial charge in [0.05, 0.1) is 7.11 Å². The zero-order valence-electron chi connectivity index (χ0n) is 9.64. The van der Waals surface area contributed by atoms with Crippen LogP contribution in [0.2, 0.25) is 0 Å². The maximum Gasteiger partial charge on any atom is 0.327 e. The molecule has 0 fully saturated rings. The molecule has 3 nitrogen and oxygen atoms in total. The highest BCUT2D eigenvalue weighted by Crippen LogP contribution is 2.14. The van der Waals surface area contributed by atoms with E-state index in [9.17, 15) is 4.79 Å². The first kappa shape index (κ1) is 12.5. The molecule has 0 aromatic heterocycles. The van der Waals surface area contributed by atoms with Gasteiger partial charge in [-0.1, -0.05) is 36.4 Å². The van der Waals surface area contributed by atoms with E-state index in [2.05, 4.69) is 11.9 Å². The minimum absolute atomic E-state index is 0.0457. The molecule has 1 rings (SSSR count). The molecule has 0 spiro atoms. The van der Waals surface area contributed by atoms with Gasteiger partial charge in [-0.3, -0.25) is 5.32 Å². The summed E-state index contributed by atoms with van der Waals surface area (Å²) in [5.74, 6) is -0.292. The van der Waals surface area contributed by atoms with Crippen LogP contribution in [0.1, 0.15) is 18.5 Å². The fourth-order valence-corrected chi connectivity index (χ4v) is 1.39. The average molecular weight is 219 g/mol. The Hall–Kier alpha value is -1.61. The molecule has 0 heterocycles. The van der Waals surface area contributed by atoms with E-state index in [4.69, 9.17) is 4.74 Å². The van der Waals surface area contributed by atoms with E-state index in [-0.39, 0.29) is 12.0 Å². The minimum Gasteiger partial charge on any atom is -0.468 e. The molecular weight excluding hydrogens is 202 g/mol. The summed E-state index contributed by atoms with van der Waals surface area (Å²) in [7, 11) is 1.39. The Morgan fingerprint density at radius 1 is 1.44 bits per heavy atom. The van der Waals surface area contributed by atoms with E-state index in [1.54, 1.807) is 6.08 Å². The Morgan fingerprint density at radius 3 is 2.56 bits per heavy atom. The average Bonchev–Trinajstić information content (AvgIpc) is 2.35. The minimum atomic E-state index is -0.445. The van der Waals surface area contributed by atoms with E-state index in [1.165, 1.54) is 7.11 Å². The highest BCUT2D eigenvalue weighted by atomic mass is 16.5. The number of hydrogen-bond acceptors (Lipinski definition) is 3. The molecule has 0 amide bonds. The van der Waals surface area contributed by atoms with Crippen LogP contribution in [0.4, 0.5) is 0 Å². The number of nitrogens with one attached hydrogen (secondary N) is 1. The molecule has 0 radical (unpaired) electrons. The van der Waals surface area contributed by atoms with Crippen molar-refractivity contribution in [1.29, 1.82) is 0 Å². The highest BCUT2D eigenvalue weighted by molar-refractivity contribution is 5.77. The second-order valence-corrected chi connectivity index (χ2v) is 3.56. The van der Waals surface area contributed by atoms with Crippen LogP contribution in [0.25, 0.3) is 0 Å². The molecule has 1 N–H and O–H groups in total. The third kappa shape index (κ3) is 3.21. The Labute approximate surface area is 96.1 Å². The predicted molar refractivity (Wildman–Crippen MR) is 64.0 cm³/mol. The van der Waals surface area contributed by atoms with Crippen molar-refractivity contribution in [2.24, 2.45) is 0 Å². The molecule has 0 saturated heterocycles. The van der Waals surface area contributed by atoms with Crippen LogP contribution in [-0.2, 0) is 9.53 Å². The Kier molecular flexibility index (Phi) is 4.73. The van der Waals surface area contributed by atoms with Gasteiger partial charge in [-0.25, -0.2) is 4.79 Å². The molecule has 0 aliphatic carbocycles. The lowest BCUT2D eigenvalue weighted by Crippen LogP contribution is -2.34. The summed E-state index contributed by atoms with van der Waals surface area (Å²) < 4.78 is 4.78. The lowest BCUT2D eigenvalue weighted by atomic mass is 10.1. The van der Waals surface area contributed by atoms with Crippen LogP contribution < -0.4 is 5.32 Å². The van der Waals surface area contributed by atoms with Crippen molar-refractivity contribution < 1.29 is 9.53 Å². The summed E-state index contributed by atoms with van der Waals surface area (Å²) in [6.45, 7) is 5.61. The summed E-state index contributed by atoms with van der Waals surface area (Å²) in [4.78, 5) is 11.6. The largest absolute Gasteiger partial charge is 0.468 e. The third-order valence-electron chi connectivity index (χ3n) is 2.35. The molecule has 16 heavy (non-hydrogen) atoms. The molecule has 3 heteroatoms.